The standard InChI is InChI=1S/C36H37Cl2N3O5S/c1-46-32-16-10-13-27(19-32)24-40(34(20-26-11-4-2-5-12-26)36(43)39-30-14-8-9-15-30)35(42)25-41(31-22-28(37)21-29(38)23-31)47(44,45)33-17-6-3-7-18-33/h2-7,10-13,16-19,21-23,30,34H,8-9,14-15,20,24-25H2,1H3,(H,39,43). The summed E-state index contributed by atoms with van der Waals surface area (Å²) in [6, 6.07) is 28.0. The Kier molecular flexibility index (Phi) is 11.4. The fourth-order valence-corrected chi connectivity index (χ4v) is 7.75. The molecule has 0 spiro atoms. The van der Waals surface area contributed by atoms with Gasteiger partial charge in [-0.15, -0.1) is 0 Å². The van der Waals surface area contributed by atoms with Crippen molar-refractivity contribution in [3.63, 3.8) is 0 Å². The topological polar surface area (TPSA) is 96.0 Å². The Morgan fingerprint density at radius 3 is 2.11 bits per heavy atom. The minimum Gasteiger partial charge on any atom is -0.497 e. The van der Waals surface area contributed by atoms with Crippen LogP contribution in [0.25, 0.3) is 0 Å². The first-order valence-corrected chi connectivity index (χ1v) is 17.6. The number of hydrogen-bond donors (Lipinski definition) is 1. The van der Waals surface area contributed by atoms with Crippen LogP contribution in [0.3, 0.4) is 0 Å². The average Bonchev–Trinajstić information content (AvgIpc) is 3.58. The number of halogens is 2. The molecule has 0 aromatic heterocycles. The Morgan fingerprint density at radius 1 is 0.851 bits per heavy atom. The number of rotatable bonds is 13. The number of ether oxygens (including phenoxy) is 1. The van der Waals surface area contributed by atoms with Crippen molar-refractivity contribution in [2.45, 2.75) is 55.6 Å². The second-order valence-corrected chi connectivity index (χ2v) is 14.3. The van der Waals surface area contributed by atoms with Crippen molar-refractivity contribution < 1.29 is 22.7 Å². The molecule has 1 N–H and O–H groups in total. The van der Waals surface area contributed by atoms with Crippen LogP contribution in [0, 0.1) is 0 Å². The van der Waals surface area contributed by atoms with Gasteiger partial charge in [0.05, 0.1) is 17.7 Å². The van der Waals surface area contributed by atoms with Crippen LogP contribution in [-0.4, -0.2) is 50.9 Å². The maximum absolute atomic E-state index is 14.6. The van der Waals surface area contributed by atoms with Gasteiger partial charge in [-0.05, 0) is 66.4 Å². The van der Waals surface area contributed by atoms with Crippen molar-refractivity contribution in [2.24, 2.45) is 0 Å². The van der Waals surface area contributed by atoms with Crippen molar-refractivity contribution in [3.05, 3.63) is 124 Å². The normalized spacial score (nSPS) is 13.9. The lowest BCUT2D eigenvalue weighted by atomic mass is 10.0. The van der Waals surface area contributed by atoms with Crippen molar-refractivity contribution in [1.82, 2.24) is 10.2 Å². The molecule has 0 radical (unpaired) electrons. The Morgan fingerprint density at radius 2 is 1.47 bits per heavy atom. The van der Waals surface area contributed by atoms with Crippen molar-refractivity contribution >= 4 is 50.7 Å². The minimum absolute atomic E-state index is 0.0111. The Labute approximate surface area is 286 Å². The number of carbonyl (C=O) groups excluding carboxylic acids is 2. The van der Waals surface area contributed by atoms with Gasteiger partial charge >= 0.3 is 0 Å². The average molecular weight is 695 g/mol. The summed E-state index contributed by atoms with van der Waals surface area (Å²) in [5.74, 6) is -0.280. The SMILES string of the molecule is COc1cccc(CN(C(=O)CN(c2cc(Cl)cc(Cl)c2)S(=O)(=O)c2ccccc2)C(Cc2ccccc2)C(=O)NC2CCCC2)c1. The molecule has 8 nitrogen and oxygen atoms in total. The lowest BCUT2D eigenvalue weighted by molar-refractivity contribution is -0.140. The maximum Gasteiger partial charge on any atom is 0.264 e. The molecule has 1 aliphatic rings. The molecule has 1 fully saturated rings. The van der Waals surface area contributed by atoms with Crippen LogP contribution in [0.15, 0.2) is 108 Å². The second kappa shape index (κ2) is 15.7. The van der Waals surface area contributed by atoms with Crippen LogP contribution >= 0.6 is 23.2 Å². The van der Waals surface area contributed by atoms with Crippen molar-refractivity contribution in [3.8, 4) is 5.75 Å². The van der Waals surface area contributed by atoms with Gasteiger partial charge in [-0.1, -0.05) is 96.7 Å². The quantitative estimate of drug-likeness (QED) is 0.164. The number of carbonyl (C=O) groups is 2. The molecule has 1 atom stereocenters. The van der Waals surface area contributed by atoms with Gasteiger partial charge < -0.3 is 15.0 Å². The fraction of sp³-hybridized carbons (Fsp3) is 0.278. The molecule has 0 bridgehead atoms. The zero-order chi connectivity index (χ0) is 33.4. The number of nitrogens with one attached hydrogen (secondary N) is 1. The number of benzene rings is 4. The summed E-state index contributed by atoms with van der Waals surface area (Å²) >= 11 is 12.6. The number of anilines is 1. The number of nitrogens with zero attached hydrogens (tertiary/aromatic N) is 2. The molecule has 1 aliphatic carbocycles. The van der Waals surface area contributed by atoms with Crippen molar-refractivity contribution in [2.75, 3.05) is 18.0 Å². The molecule has 2 amide bonds. The number of methoxy groups -OCH3 is 1. The highest BCUT2D eigenvalue weighted by atomic mass is 35.5. The number of amides is 2. The maximum atomic E-state index is 14.6. The molecule has 0 heterocycles. The summed E-state index contributed by atoms with van der Waals surface area (Å²) in [4.78, 5) is 30.2. The van der Waals surface area contributed by atoms with Crippen LogP contribution in [0.5, 0.6) is 5.75 Å². The summed E-state index contributed by atoms with van der Waals surface area (Å²) in [5, 5.41) is 3.59. The molecule has 5 rings (SSSR count). The third kappa shape index (κ3) is 8.86. The molecule has 4 aromatic rings. The summed E-state index contributed by atoms with van der Waals surface area (Å²) < 4.78 is 34.7. The van der Waals surface area contributed by atoms with E-state index in [1.165, 1.54) is 35.2 Å². The second-order valence-electron chi connectivity index (χ2n) is 11.5. The van der Waals surface area contributed by atoms with Crippen LogP contribution in [0.1, 0.15) is 36.8 Å². The highest BCUT2D eigenvalue weighted by Crippen LogP contribution is 2.30. The van der Waals surface area contributed by atoms with Crippen LogP contribution < -0.4 is 14.4 Å². The predicted octanol–water partition coefficient (Wildman–Crippen LogP) is 6.90. The smallest absolute Gasteiger partial charge is 0.264 e. The zero-order valence-corrected chi connectivity index (χ0v) is 28.3. The van der Waals surface area contributed by atoms with E-state index in [-0.39, 0.29) is 45.5 Å². The van der Waals surface area contributed by atoms with E-state index in [0.717, 1.165) is 35.6 Å². The number of sulfonamides is 1. The van der Waals surface area contributed by atoms with E-state index in [9.17, 15) is 18.0 Å². The summed E-state index contributed by atoms with van der Waals surface area (Å²) in [5.41, 5.74) is 1.70. The molecule has 1 saturated carbocycles. The van der Waals surface area contributed by atoms with E-state index in [4.69, 9.17) is 27.9 Å². The molecule has 1 unspecified atom stereocenters. The summed E-state index contributed by atoms with van der Waals surface area (Å²) in [7, 11) is -2.72. The van der Waals surface area contributed by atoms with E-state index in [1.54, 1.807) is 37.4 Å². The highest BCUT2D eigenvalue weighted by Gasteiger charge is 2.35. The van der Waals surface area contributed by atoms with Gasteiger partial charge in [0.25, 0.3) is 10.0 Å². The molecule has 246 valence electrons. The number of hydrogen-bond acceptors (Lipinski definition) is 5. The summed E-state index contributed by atoms with van der Waals surface area (Å²) in [6.45, 7) is -0.582. The van der Waals surface area contributed by atoms with Gasteiger partial charge in [-0.25, -0.2) is 8.42 Å². The minimum atomic E-state index is -4.28. The Balaban J connectivity index is 1.59. The van der Waals surface area contributed by atoms with E-state index < -0.39 is 28.5 Å². The summed E-state index contributed by atoms with van der Waals surface area (Å²) in [6.07, 6.45) is 4.01. The van der Waals surface area contributed by atoms with Gasteiger partial charge in [-0.2, -0.15) is 0 Å². The van der Waals surface area contributed by atoms with Crippen molar-refractivity contribution in [1.29, 1.82) is 0 Å². The molecule has 0 aliphatic heterocycles. The lowest BCUT2D eigenvalue weighted by Gasteiger charge is -2.34. The third-order valence-electron chi connectivity index (χ3n) is 8.21. The predicted molar refractivity (Wildman–Crippen MR) is 185 cm³/mol. The molecule has 47 heavy (non-hydrogen) atoms. The molecule has 4 aromatic carbocycles. The van der Waals surface area contributed by atoms with E-state index in [2.05, 4.69) is 5.32 Å². The van der Waals surface area contributed by atoms with Gasteiger partial charge in [0.1, 0.15) is 18.3 Å². The Bertz CT molecular complexity index is 1760. The van der Waals surface area contributed by atoms with Gasteiger partial charge in [0, 0.05) is 29.1 Å². The zero-order valence-electron chi connectivity index (χ0n) is 26.0. The van der Waals surface area contributed by atoms with Crippen LogP contribution in [0.2, 0.25) is 10.0 Å². The van der Waals surface area contributed by atoms with Crippen LogP contribution in [-0.2, 0) is 32.6 Å². The van der Waals surface area contributed by atoms with Gasteiger partial charge in [0.15, 0.2) is 0 Å². The Hall–Kier alpha value is -4.05. The van der Waals surface area contributed by atoms with Gasteiger partial charge in [0.2, 0.25) is 11.8 Å². The first kappa shape index (κ1) is 34.3. The third-order valence-corrected chi connectivity index (χ3v) is 10.4. The molecular weight excluding hydrogens is 657 g/mol. The molecular formula is C36H37Cl2N3O5S. The van der Waals surface area contributed by atoms with E-state index in [1.807, 2.05) is 42.5 Å². The molecule has 11 heteroatoms. The first-order chi connectivity index (χ1) is 22.6. The van der Waals surface area contributed by atoms with E-state index >= 15 is 0 Å². The lowest BCUT2D eigenvalue weighted by Crippen LogP contribution is -2.54. The first-order valence-electron chi connectivity index (χ1n) is 15.4. The largest absolute Gasteiger partial charge is 0.497 e. The van der Waals surface area contributed by atoms with Crippen LogP contribution in [0.4, 0.5) is 5.69 Å². The monoisotopic (exact) mass is 693 g/mol. The van der Waals surface area contributed by atoms with Gasteiger partial charge in [-0.3, -0.25) is 13.9 Å². The van der Waals surface area contributed by atoms with E-state index in [0.29, 0.717) is 11.3 Å². The molecule has 0 saturated heterocycles. The highest BCUT2D eigenvalue weighted by molar-refractivity contribution is 7.92. The fourth-order valence-electron chi connectivity index (χ4n) is 5.82.